The Labute approximate surface area is 685 Å². The van der Waals surface area contributed by atoms with Crippen LogP contribution in [0, 0.1) is 23.3 Å². The van der Waals surface area contributed by atoms with Crippen LogP contribution in [0.5, 0.6) is 63.2 Å². The SMILES string of the molecule is C.C.C.COC(=O)COc1ccccc1OCCOc1cc(-c2c3cc(F)c(=O)cc-3oc3cc(O)c(F)cc23)ccc1N(CC(=O)OC)CC(=O)OC.COC(=O)COc1ccccc1OCCOc1cc(C2c3cc(F)c(O)cc3Oc3cc(O)c(F)cc32)ccc1N(CC(=O)OC)CC(=O)OC.O=C1C(Cl)=C(Cl)C(=O)C(Cl)=C1Cl. The van der Waals surface area contributed by atoms with Crippen LogP contribution < -0.4 is 48.4 Å². The molecule has 0 amide bonds. The van der Waals surface area contributed by atoms with Crippen LogP contribution in [0.15, 0.2) is 163 Å². The number of halogens is 8. The van der Waals surface area contributed by atoms with E-state index in [1.807, 2.05) is 0 Å². The Balaban J connectivity index is 0.000000310. The Hall–Kier alpha value is -12.7. The number of Topliss-reactive ketones (excluding diaryl/α,β-unsaturated/α-hetero) is 2. The number of para-hydroxylation sites is 4. The minimum absolute atomic E-state index is 0. The summed E-state index contributed by atoms with van der Waals surface area (Å²) in [5, 5.41) is 28.8. The number of hydrogen-bond acceptors (Lipinski definition) is 28. The number of carbonyl (C=O) groups is 8. The third-order valence-corrected chi connectivity index (χ3v) is 18.1. The second kappa shape index (κ2) is 42.6. The highest BCUT2D eigenvalue weighted by Crippen LogP contribution is 2.52. The van der Waals surface area contributed by atoms with Gasteiger partial charge >= 0.3 is 35.8 Å². The maximum absolute atomic E-state index is 14.8. The molecular formula is C81H76Cl4F4N2O26. The number of ketones is 2. The van der Waals surface area contributed by atoms with Crippen molar-refractivity contribution in [1.82, 2.24) is 0 Å². The molecule has 7 aromatic carbocycles. The summed E-state index contributed by atoms with van der Waals surface area (Å²) in [5.74, 6) is -10.8. The lowest BCUT2D eigenvalue weighted by molar-refractivity contribution is -0.143. The molecule has 3 N–H and O–H groups in total. The molecule has 0 aromatic heterocycles. The van der Waals surface area contributed by atoms with Gasteiger partial charge in [0.1, 0.15) is 107 Å². The van der Waals surface area contributed by atoms with E-state index in [1.54, 1.807) is 72.8 Å². The van der Waals surface area contributed by atoms with E-state index in [9.17, 15) is 76.0 Å². The molecule has 0 bridgehead atoms. The van der Waals surface area contributed by atoms with E-state index in [-0.39, 0.29) is 173 Å². The standard InChI is InChI=1S/C36H33F2NO12.C36H31F2NO12.C6Cl4O2.3CH4/c2*1-45-33(42)17-39(18-34(43)46-2)25-9-8-20(12-32(25)49-11-10-48-28-6-4-5-7-29(28)50-19-35(44)47-3)36-21-13-23(37)26(40)15-30(21)51-31-16-27(41)24(38)14-22(31)36;7-1-2(8)6(12)4(10)3(9)5(1)11;;;/h4-9,12-16,36,40-41H,10-11,17-19H2,1-3H3;4-9,12-16,40H,10-11,17-19H2,1-3H3;;3*1H4. The molecule has 7 aromatic rings. The van der Waals surface area contributed by atoms with Crippen molar-refractivity contribution in [2.24, 2.45) is 0 Å². The Morgan fingerprint density at radius 2 is 0.786 bits per heavy atom. The van der Waals surface area contributed by atoms with Gasteiger partial charge in [-0.1, -0.05) is 105 Å². The summed E-state index contributed by atoms with van der Waals surface area (Å²) in [5.41, 5.74) is 1.09. The second-order valence-electron chi connectivity index (χ2n) is 23.6. The first-order valence-corrected chi connectivity index (χ1v) is 34.7. The van der Waals surface area contributed by atoms with Crippen molar-refractivity contribution in [2.45, 2.75) is 28.2 Å². The first kappa shape index (κ1) is 93.2. The van der Waals surface area contributed by atoms with E-state index in [0.29, 0.717) is 22.6 Å². The smallest absolute Gasteiger partial charge is 0.343 e. The molecule has 0 fully saturated rings. The predicted octanol–water partition coefficient (Wildman–Crippen LogP) is 14.0. The fraction of sp³-hybridized carbons (Fsp3) is 0.247. The van der Waals surface area contributed by atoms with Gasteiger partial charge in [-0.25, -0.2) is 27.2 Å². The fourth-order valence-electron chi connectivity index (χ4n) is 11.0. The van der Waals surface area contributed by atoms with E-state index in [0.717, 1.165) is 48.5 Å². The largest absolute Gasteiger partial charge is 0.505 e. The number of methoxy groups -OCH3 is 6. The van der Waals surface area contributed by atoms with Gasteiger partial charge < -0.3 is 91.1 Å². The van der Waals surface area contributed by atoms with Gasteiger partial charge in [-0.2, -0.15) is 0 Å². The number of nitrogens with zero attached hydrogens (tertiary/aromatic N) is 2. The average Bonchev–Trinajstić information content (AvgIpc) is 0.748. The molecule has 2 aliphatic carbocycles. The minimum atomic E-state index is -1.08. The van der Waals surface area contributed by atoms with Gasteiger partial charge in [-0.15, -0.1) is 0 Å². The Morgan fingerprint density at radius 3 is 1.20 bits per heavy atom. The van der Waals surface area contributed by atoms with Crippen LogP contribution in [0.2, 0.25) is 0 Å². The number of aromatic hydroxyl groups is 3. The maximum Gasteiger partial charge on any atom is 0.343 e. The van der Waals surface area contributed by atoms with Crippen molar-refractivity contribution in [3.05, 3.63) is 204 Å². The molecule has 0 spiro atoms. The molecular weight excluding hydrogens is 1630 g/mol. The molecule has 0 atom stereocenters. The summed E-state index contributed by atoms with van der Waals surface area (Å²) in [6.45, 7) is -2.54. The number of allylic oxidation sites excluding steroid dienone is 4. The molecule has 0 unspecified atom stereocenters. The number of fused-ring (bicyclic) bond motifs is 4. The number of carbonyl (C=O) groups excluding carboxylic acids is 8. The Kier molecular flexibility index (Phi) is 34.0. The highest BCUT2D eigenvalue weighted by atomic mass is 35.5. The number of anilines is 2. The maximum atomic E-state index is 14.8. The van der Waals surface area contributed by atoms with Gasteiger partial charge in [-0.05, 0) is 83.9 Å². The number of esters is 6. The fourth-order valence-corrected chi connectivity index (χ4v) is 11.9. The second-order valence-corrected chi connectivity index (χ2v) is 25.1. The number of phenolic OH excluding ortho intramolecular Hbond substituents is 3. The lowest BCUT2D eigenvalue weighted by Gasteiger charge is -2.30. The van der Waals surface area contributed by atoms with Crippen LogP contribution in [-0.4, -0.2) is 171 Å². The van der Waals surface area contributed by atoms with Crippen LogP contribution in [-0.2, 0) is 66.8 Å². The molecule has 2 heterocycles. The highest BCUT2D eigenvalue weighted by Gasteiger charge is 2.35. The van der Waals surface area contributed by atoms with Crippen LogP contribution in [0.1, 0.15) is 44.9 Å². The minimum Gasteiger partial charge on any atom is -0.505 e. The molecule has 36 heteroatoms. The van der Waals surface area contributed by atoms with Gasteiger partial charge in [-0.3, -0.25) is 33.6 Å². The first-order chi connectivity index (χ1) is 54.5. The zero-order valence-corrected chi connectivity index (χ0v) is 63.5. The molecule has 0 radical (unpaired) electrons. The topological polar surface area (TPSA) is 354 Å². The van der Waals surface area contributed by atoms with Crippen LogP contribution in [0.3, 0.4) is 0 Å². The van der Waals surface area contributed by atoms with Crippen molar-refractivity contribution in [3.63, 3.8) is 0 Å². The van der Waals surface area contributed by atoms with Crippen molar-refractivity contribution < 1.29 is 137 Å². The summed E-state index contributed by atoms with van der Waals surface area (Å²) in [6.07, 6.45) is 0. The van der Waals surface area contributed by atoms with E-state index < -0.39 is 119 Å². The normalized spacial score (nSPS) is 11.8. The summed E-state index contributed by atoms with van der Waals surface area (Å²) in [7, 11) is 7.22. The Bertz CT molecular complexity index is 5140. The number of phenols is 3. The monoisotopic (exact) mass is 1710 g/mol. The quantitative estimate of drug-likeness (QED) is 0.0102. The van der Waals surface area contributed by atoms with E-state index in [4.69, 9.17) is 103 Å². The van der Waals surface area contributed by atoms with E-state index in [2.05, 4.69) is 9.47 Å². The molecule has 28 nitrogen and oxygen atoms in total. The molecule has 0 saturated heterocycles. The van der Waals surface area contributed by atoms with Crippen molar-refractivity contribution in [2.75, 3.05) is 118 Å². The molecule has 0 saturated carbocycles. The van der Waals surface area contributed by atoms with Gasteiger partial charge in [0, 0.05) is 57.8 Å². The van der Waals surface area contributed by atoms with Gasteiger partial charge in [0.05, 0.1) is 54.0 Å². The van der Waals surface area contributed by atoms with E-state index in [1.165, 1.54) is 64.6 Å². The number of ether oxygens (including phenoxy) is 13. The van der Waals surface area contributed by atoms with Crippen molar-refractivity contribution in [3.8, 4) is 85.7 Å². The number of rotatable bonds is 28. The lowest BCUT2D eigenvalue weighted by atomic mass is 9.82. The molecule has 11 rings (SSSR count). The lowest BCUT2D eigenvalue weighted by Crippen LogP contribution is -2.36. The summed E-state index contributed by atoms with van der Waals surface area (Å²) in [4.78, 5) is 110. The van der Waals surface area contributed by atoms with Crippen molar-refractivity contribution in [1.29, 1.82) is 0 Å². The molecule has 2 aliphatic heterocycles. The van der Waals surface area contributed by atoms with Crippen LogP contribution >= 0.6 is 46.4 Å². The van der Waals surface area contributed by atoms with Crippen molar-refractivity contribution >= 4 is 116 Å². The summed E-state index contributed by atoms with van der Waals surface area (Å²) >= 11 is 21.5. The zero-order valence-electron chi connectivity index (χ0n) is 60.5. The third kappa shape index (κ3) is 22.9. The zero-order chi connectivity index (χ0) is 82.8. The van der Waals surface area contributed by atoms with Gasteiger partial charge in [0.25, 0.3) is 0 Å². The molecule has 622 valence electrons. The first-order valence-electron chi connectivity index (χ1n) is 33.2. The summed E-state index contributed by atoms with van der Waals surface area (Å²) in [6, 6.07) is 30.7. The number of hydrogen-bond donors (Lipinski definition) is 3. The van der Waals surface area contributed by atoms with Gasteiger partial charge in [0.15, 0.2) is 76.7 Å². The van der Waals surface area contributed by atoms with Crippen LogP contribution in [0.25, 0.3) is 33.4 Å². The van der Waals surface area contributed by atoms with Gasteiger partial charge in [0.2, 0.25) is 17.0 Å². The van der Waals surface area contributed by atoms with E-state index >= 15 is 0 Å². The highest BCUT2D eigenvalue weighted by molar-refractivity contribution is 6.69. The molecule has 117 heavy (non-hydrogen) atoms. The number of benzene rings is 8. The summed E-state index contributed by atoms with van der Waals surface area (Å²) < 4.78 is 134. The third-order valence-electron chi connectivity index (χ3n) is 16.5. The molecule has 4 aliphatic rings. The van der Waals surface area contributed by atoms with Crippen LogP contribution in [0.4, 0.5) is 28.9 Å². The predicted molar refractivity (Wildman–Crippen MR) is 420 cm³/mol. The average molecular weight is 1710 g/mol. The Morgan fingerprint density at radius 1 is 0.419 bits per heavy atom.